The van der Waals surface area contributed by atoms with Crippen molar-refractivity contribution in [1.82, 2.24) is 4.90 Å². The molecular weight excluding hydrogens is 430 g/mol. The van der Waals surface area contributed by atoms with E-state index in [2.05, 4.69) is 0 Å². The quantitative estimate of drug-likeness (QED) is 0.447. The molecule has 1 aliphatic heterocycles. The van der Waals surface area contributed by atoms with E-state index in [0.717, 1.165) is 28.9 Å². The number of ether oxygens (including phenoxy) is 4. The van der Waals surface area contributed by atoms with Gasteiger partial charge in [0.1, 0.15) is 18.1 Å². The molecule has 6 nitrogen and oxygen atoms in total. The molecular formula is C28H29NO5. The van der Waals surface area contributed by atoms with Crippen molar-refractivity contribution in [2.45, 2.75) is 12.5 Å². The molecule has 0 saturated carbocycles. The first kappa shape index (κ1) is 23.2. The van der Waals surface area contributed by atoms with E-state index in [1.54, 1.807) is 27.4 Å². The zero-order valence-corrected chi connectivity index (χ0v) is 19.7. The van der Waals surface area contributed by atoms with E-state index in [9.17, 15) is 4.79 Å². The lowest BCUT2D eigenvalue weighted by atomic mass is 9.92. The molecule has 0 unspecified atom stereocenters. The second kappa shape index (κ2) is 10.8. The van der Waals surface area contributed by atoms with Crippen molar-refractivity contribution >= 4 is 12.0 Å². The highest BCUT2D eigenvalue weighted by Crippen LogP contribution is 2.38. The second-order valence-electron chi connectivity index (χ2n) is 7.93. The number of benzene rings is 3. The highest BCUT2D eigenvalue weighted by molar-refractivity contribution is 5.92. The predicted molar refractivity (Wildman–Crippen MR) is 132 cm³/mol. The van der Waals surface area contributed by atoms with Crippen molar-refractivity contribution in [2.75, 3.05) is 34.5 Å². The third-order valence-electron chi connectivity index (χ3n) is 5.97. The Bertz CT molecular complexity index is 1140. The number of hydrogen-bond acceptors (Lipinski definition) is 5. The van der Waals surface area contributed by atoms with E-state index < -0.39 is 0 Å². The molecule has 0 spiro atoms. The van der Waals surface area contributed by atoms with Crippen LogP contribution in [0.1, 0.15) is 22.7 Å². The van der Waals surface area contributed by atoms with Crippen LogP contribution in [0, 0.1) is 0 Å². The maximum atomic E-state index is 13.3. The van der Waals surface area contributed by atoms with E-state index in [0.29, 0.717) is 30.4 Å². The van der Waals surface area contributed by atoms with E-state index >= 15 is 0 Å². The van der Waals surface area contributed by atoms with Gasteiger partial charge >= 0.3 is 0 Å². The lowest BCUT2D eigenvalue weighted by Crippen LogP contribution is -2.41. The van der Waals surface area contributed by atoms with Crippen molar-refractivity contribution in [2.24, 2.45) is 0 Å². The smallest absolute Gasteiger partial charge is 0.247 e. The molecule has 1 aliphatic rings. The Kier molecular flexibility index (Phi) is 7.38. The maximum absolute atomic E-state index is 13.3. The molecule has 1 heterocycles. The Balaban J connectivity index is 1.63. The molecule has 1 amide bonds. The first-order valence-electron chi connectivity index (χ1n) is 11.2. The molecule has 0 radical (unpaired) electrons. The van der Waals surface area contributed by atoms with Gasteiger partial charge in [0.15, 0.2) is 11.5 Å². The van der Waals surface area contributed by atoms with Crippen LogP contribution in [-0.4, -0.2) is 45.3 Å². The highest BCUT2D eigenvalue weighted by atomic mass is 16.5. The van der Waals surface area contributed by atoms with Crippen molar-refractivity contribution in [1.29, 1.82) is 0 Å². The number of methoxy groups -OCH3 is 3. The van der Waals surface area contributed by atoms with Gasteiger partial charge in [-0.1, -0.05) is 30.3 Å². The van der Waals surface area contributed by atoms with Crippen LogP contribution in [0.25, 0.3) is 6.08 Å². The van der Waals surface area contributed by atoms with Gasteiger partial charge < -0.3 is 23.8 Å². The molecule has 0 aliphatic carbocycles. The molecule has 1 atom stereocenters. The Morgan fingerprint density at radius 1 is 0.912 bits per heavy atom. The fourth-order valence-electron chi connectivity index (χ4n) is 4.15. The molecule has 0 N–H and O–H groups in total. The number of fused-ring (bicyclic) bond motifs is 1. The summed E-state index contributed by atoms with van der Waals surface area (Å²) in [5, 5.41) is 0. The van der Waals surface area contributed by atoms with Crippen molar-refractivity contribution in [3.63, 3.8) is 0 Å². The molecule has 176 valence electrons. The molecule has 0 bridgehead atoms. The van der Waals surface area contributed by atoms with Crippen molar-refractivity contribution < 1.29 is 23.7 Å². The monoisotopic (exact) mass is 459 g/mol. The topological polar surface area (TPSA) is 57.2 Å². The van der Waals surface area contributed by atoms with Gasteiger partial charge in [-0.2, -0.15) is 0 Å². The molecule has 4 rings (SSSR count). The summed E-state index contributed by atoms with van der Waals surface area (Å²) in [5.41, 5.74) is 3.10. The van der Waals surface area contributed by atoms with Gasteiger partial charge in [-0.3, -0.25) is 4.79 Å². The van der Waals surface area contributed by atoms with Gasteiger partial charge in [-0.15, -0.1) is 0 Å². The summed E-state index contributed by atoms with van der Waals surface area (Å²) in [5.74, 6) is 2.72. The first-order valence-corrected chi connectivity index (χ1v) is 11.2. The van der Waals surface area contributed by atoms with Crippen LogP contribution in [-0.2, 0) is 11.2 Å². The molecule has 0 aromatic heterocycles. The van der Waals surface area contributed by atoms with Gasteiger partial charge in [0.05, 0.1) is 27.4 Å². The van der Waals surface area contributed by atoms with Crippen molar-refractivity contribution in [3.05, 3.63) is 89.5 Å². The lowest BCUT2D eigenvalue weighted by molar-refractivity contribution is -0.129. The van der Waals surface area contributed by atoms with Crippen LogP contribution in [0.2, 0.25) is 0 Å². The normalized spacial score (nSPS) is 15.0. The Hall–Kier alpha value is -3.93. The van der Waals surface area contributed by atoms with Crippen LogP contribution in [0.4, 0.5) is 0 Å². The molecule has 3 aromatic rings. The predicted octanol–water partition coefficient (Wildman–Crippen LogP) is 4.93. The van der Waals surface area contributed by atoms with Gasteiger partial charge in [0.2, 0.25) is 5.91 Å². The second-order valence-corrected chi connectivity index (χ2v) is 7.93. The Labute approximate surface area is 200 Å². The van der Waals surface area contributed by atoms with E-state index in [1.165, 1.54) is 0 Å². The SMILES string of the molecule is COc1ccc(OC[C@@H]2c3cc(OC)c(OC)cc3CCN2C(=O)/C=C/c2ccccc2)cc1. The maximum Gasteiger partial charge on any atom is 0.247 e. The minimum Gasteiger partial charge on any atom is -0.497 e. The Morgan fingerprint density at radius 2 is 1.59 bits per heavy atom. The molecule has 34 heavy (non-hydrogen) atoms. The molecule has 0 saturated heterocycles. The van der Waals surface area contributed by atoms with Gasteiger partial charge in [-0.25, -0.2) is 0 Å². The average molecular weight is 460 g/mol. The van der Waals surface area contributed by atoms with Crippen LogP contribution in [0.5, 0.6) is 23.0 Å². The summed E-state index contributed by atoms with van der Waals surface area (Å²) in [4.78, 5) is 15.1. The largest absolute Gasteiger partial charge is 0.497 e. The summed E-state index contributed by atoms with van der Waals surface area (Å²) in [6.45, 7) is 0.886. The zero-order chi connectivity index (χ0) is 23.9. The summed E-state index contributed by atoms with van der Waals surface area (Å²) >= 11 is 0. The minimum absolute atomic E-state index is 0.0624. The van der Waals surface area contributed by atoms with E-state index in [4.69, 9.17) is 18.9 Å². The highest BCUT2D eigenvalue weighted by Gasteiger charge is 2.32. The van der Waals surface area contributed by atoms with E-state index in [1.807, 2.05) is 77.7 Å². The molecule has 3 aromatic carbocycles. The number of carbonyl (C=O) groups excluding carboxylic acids is 1. The standard InChI is InChI=1S/C28H29NO5/c1-31-22-10-12-23(13-11-22)34-19-25-24-18-27(33-3)26(32-2)17-21(24)15-16-29(25)28(30)14-9-20-7-5-4-6-8-20/h4-14,17-18,25H,15-16,19H2,1-3H3/b14-9+/t25-/m1/s1. The van der Waals surface area contributed by atoms with Gasteiger partial charge in [0.25, 0.3) is 0 Å². The van der Waals surface area contributed by atoms with Crippen LogP contribution in [0.3, 0.4) is 0 Å². The number of rotatable bonds is 8. The van der Waals surface area contributed by atoms with Gasteiger partial charge in [0, 0.05) is 12.6 Å². The number of amides is 1. The third kappa shape index (κ3) is 5.17. The molecule has 6 heteroatoms. The zero-order valence-electron chi connectivity index (χ0n) is 19.7. The number of carbonyl (C=O) groups is 1. The summed E-state index contributed by atoms with van der Waals surface area (Å²) in [7, 11) is 4.87. The number of hydrogen-bond donors (Lipinski definition) is 0. The first-order chi connectivity index (χ1) is 16.6. The fraction of sp³-hybridized carbons (Fsp3) is 0.250. The van der Waals surface area contributed by atoms with Crippen molar-refractivity contribution in [3.8, 4) is 23.0 Å². The molecule has 0 fully saturated rings. The summed E-state index contributed by atoms with van der Waals surface area (Å²) in [6, 6.07) is 20.9. The number of nitrogens with zero attached hydrogens (tertiary/aromatic N) is 1. The van der Waals surface area contributed by atoms with Gasteiger partial charge in [-0.05, 0) is 65.6 Å². The third-order valence-corrected chi connectivity index (χ3v) is 5.97. The average Bonchev–Trinajstić information content (AvgIpc) is 2.90. The summed E-state index contributed by atoms with van der Waals surface area (Å²) in [6.07, 6.45) is 4.19. The minimum atomic E-state index is -0.279. The van der Waals surface area contributed by atoms with E-state index in [-0.39, 0.29) is 11.9 Å². The summed E-state index contributed by atoms with van der Waals surface area (Å²) < 4.78 is 22.4. The van der Waals surface area contributed by atoms with Crippen LogP contribution in [0.15, 0.2) is 72.8 Å². The lowest BCUT2D eigenvalue weighted by Gasteiger charge is -2.37. The van der Waals surface area contributed by atoms with Crippen LogP contribution >= 0.6 is 0 Å². The van der Waals surface area contributed by atoms with Crippen LogP contribution < -0.4 is 18.9 Å². The fourth-order valence-corrected chi connectivity index (χ4v) is 4.15. The Morgan fingerprint density at radius 3 is 2.26 bits per heavy atom.